The quantitative estimate of drug-likeness (QED) is 0.358. The Labute approximate surface area is 216 Å². The van der Waals surface area contributed by atoms with Crippen LogP contribution in [0.2, 0.25) is 0 Å². The largest absolute Gasteiger partial charge is 0.325 e. The van der Waals surface area contributed by atoms with Crippen molar-refractivity contribution in [1.82, 2.24) is 10.2 Å². The van der Waals surface area contributed by atoms with Crippen LogP contribution in [0.25, 0.3) is 0 Å². The number of para-hydroxylation sites is 1. The molecule has 0 radical (unpaired) electrons. The van der Waals surface area contributed by atoms with Gasteiger partial charge in [-0.25, -0.2) is 4.79 Å². The van der Waals surface area contributed by atoms with E-state index in [1.54, 1.807) is 4.90 Å². The summed E-state index contributed by atoms with van der Waals surface area (Å²) < 4.78 is 0. The van der Waals surface area contributed by atoms with Crippen molar-refractivity contribution in [3.05, 3.63) is 138 Å². The highest BCUT2D eigenvalue weighted by molar-refractivity contribution is 6.11. The number of imide groups is 1. The van der Waals surface area contributed by atoms with Gasteiger partial charge in [-0.05, 0) is 28.8 Å². The molecule has 1 heterocycles. The smallest absolute Gasteiger partial charge is 0.319 e. The highest BCUT2D eigenvalue weighted by Gasteiger charge is 2.53. The lowest BCUT2D eigenvalue weighted by Gasteiger charge is -2.28. The number of carbonyl (C=O) groups is 3. The van der Waals surface area contributed by atoms with E-state index in [1.165, 1.54) is 0 Å². The SMILES string of the molecule is O=C1NC(Cc2ccccc2)(c2ccccc2)C(=O)N1CC(=O)N(Cc1ccccc1)c1ccccc1. The summed E-state index contributed by atoms with van der Waals surface area (Å²) in [5.74, 6) is -0.782. The second-order valence-electron chi connectivity index (χ2n) is 9.06. The van der Waals surface area contributed by atoms with Crippen LogP contribution in [0.3, 0.4) is 0 Å². The fraction of sp³-hybridized carbons (Fsp3) is 0.129. The lowest BCUT2D eigenvalue weighted by molar-refractivity contribution is -0.134. The topological polar surface area (TPSA) is 69.7 Å². The van der Waals surface area contributed by atoms with Crippen LogP contribution >= 0.6 is 0 Å². The molecule has 4 aromatic rings. The van der Waals surface area contributed by atoms with Gasteiger partial charge in [-0.3, -0.25) is 14.5 Å². The maximum absolute atomic E-state index is 14.0. The van der Waals surface area contributed by atoms with Crippen molar-refractivity contribution >= 4 is 23.5 Å². The zero-order chi connectivity index (χ0) is 25.7. The van der Waals surface area contributed by atoms with E-state index >= 15 is 0 Å². The number of hydrogen-bond donors (Lipinski definition) is 1. The monoisotopic (exact) mass is 489 g/mol. The number of rotatable bonds is 8. The molecule has 0 aliphatic carbocycles. The van der Waals surface area contributed by atoms with Gasteiger partial charge in [0.1, 0.15) is 6.54 Å². The Bertz CT molecular complexity index is 1380. The number of benzene rings is 4. The van der Waals surface area contributed by atoms with Gasteiger partial charge in [-0.15, -0.1) is 0 Å². The van der Waals surface area contributed by atoms with Crippen LogP contribution in [0.15, 0.2) is 121 Å². The Morgan fingerprint density at radius 3 is 1.81 bits per heavy atom. The molecule has 0 aromatic heterocycles. The fourth-order valence-corrected chi connectivity index (χ4v) is 4.73. The van der Waals surface area contributed by atoms with Gasteiger partial charge in [0.25, 0.3) is 5.91 Å². The molecule has 1 saturated heterocycles. The third-order valence-electron chi connectivity index (χ3n) is 6.60. The summed E-state index contributed by atoms with van der Waals surface area (Å²) in [5, 5.41) is 2.93. The minimum Gasteiger partial charge on any atom is -0.319 e. The summed E-state index contributed by atoms with van der Waals surface area (Å²) in [6.45, 7) is -0.0447. The molecule has 1 N–H and O–H groups in total. The van der Waals surface area contributed by atoms with Gasteiger partial charge in [0, 0.05) is 12.1 Å². The molecule has 0 bridgehead atoms. The van der Waals surface area contributed by atoms with Gasteiger partial charge >= 0.3 is 6.03 Å². The van der Waals surface area contributed by atoms with Crippen molar-refractivity contribution in [3.8, 4) is 0 Å². The first-order valence-corrected chi connectivity index (χ1v) is 12.2. The maximum Gasteiger partial charge on any atom is 0.325 e. The lowest BCUT2D eigenvalue weighted by Crippen LogP contribution is -2.47. The molecular weight excluding hydrogens is 462 g/mol. The normalized spacial score (nSPS) is 16.9. The number of anilines is 1. The highest BCUT2D eigenvalue weighted by atomic mass is 16.2. The van der Waals surface area contributed by atoms with E-state index in [0.29, 0.717) is 17.8 Å². The van der Waals surface area contributed by atoms with Crippen molar-refractivity contribution in [1.29, 1.82) is 0 Å². The molecule has 6 heteroatoms. The Hall–Kier alpha value is -4.71. The van der Waals surface area contributed by atoms with Crippen molar-refractivity contribution in [2.24, 2.45) is 0 Å². The van der Waals surface area contributed by atoms with Crippen LogP contribution in [0.5, 0.6) is 0 Å². The minimum absolute atomic E-state index is 0.277. The van der Waals surface area contributed by atoms with E-state index < -0.39 is 17.5 Å². The molecule has 184 valence electrons. The van der Waals surface area contributed by atoms with E-state index in [-0.39, 0.29) is 18.9 Å². The van der Waals surface area contributed by atoms with E-state index in [1.807, 2.05) is 121 Å². The first kappa shape index (κ1) is 24.0. The number of nitrogens with one attached hydrogen (secondary N) is 1. The van der Waals surface area contributed by atoms with Gasteiger partial charge in [0.05, 0.1) is 6.54 Å². The zero-order valence-corrected chi connectivity index (χ0v) is 20.3. The number of urea groups is 1. The Morgan fingerprint density at radius 1 is 0.703 bits per heavy atom. The first-order valence-electron chi connectivity index (χ1n) is 12.2. The maximum atomic E-state index is 14.0. The van der Waals surface area contributed by atoms with Crippen LogP contribution in [0, 0.1) is 0 Å². The molecule has 6 nitrogen and oxygen atoms in total. The number of hydrogen-bond acceptors (Lipinski definition) is 3. The molecule has 37 heavy (non-hydrogen) atoms. The third kappa shape index (κ3) is 5.00. The molecule has 1 atom stereocenters. The molecule has 1 fully saturated rings. The molecule has 0 saturated carbocycles. The number of amides is 4. The van der Waals surface area contributed by atoms with Gasteiger partial charge in [0.2, 0.25) is 5.91 Å². The number of nitrogens with zero attached hydrogens (tertiary/aromatic N) is 2. The molecule has 0 spiro atoms. The summed E-state index contributed by atoms with van der Waals surface area (Å²) >= 11 is 0. The van der Waals surface area contributed by atoms with E-state index in [0.717, 1.165) is 16.0 Å². The fourth-order valence-electron chi connectivity index (χ4n) is 4.73. The molecular formula is C31H27N3O3. The van der Waals surface area contributed by atoms with Crippen molar-refractivity contribution in [2.45, 2.75) is 18.5 Å². The van der Waals surface area contributed by atoms with Gasteiger partial charge in [-0.1, -0.05) is 109 Å². The molecule has 1 unspecified atom stereocenters. The third-order valence-corrected chi connectivity index (χ3v) is 6.60. The minimum atomic E-state index is -1.29. The van der Waals surface area contributed by atoms with Gasteiger partial charge < -0.3 is 10.2 Å². The predicted octanol–water partition coefficient (Wildman–Crippen LogP) is 4.91. The van der Waals surface area contributed by atoms with Gasteiger partial charge in [-0.2, -0.15) is 0 Å². The number of carbonyl (C=O) groups excluding carboxylic acids is 3. The van der Waals surface area contributed by atoms with Crippen LogP contribution < -0.4 is 10.2 Å². The van der Waals surface area contributed by atoms with Crippen molar-refractivity contribution in [3.63, 3.8) is 0 Å². The van der Waals surface area contributed by atoms with Crippen LogP contribution in [-0.4, -0.2) is 29.3 Å². The Morgan fingerprint density at radius 2 is 1.22 bits per heavy atom. The molecule has 1 aliphatic rings. The summed E-state index contributed by atoms with van der Waals surface area (Å²) in [7, 11) is 0. The van der Waals surface area contributed by atoms with Crippen LogP contribution in [0.4, 0.5) is 10.5 Å². The predicted molar refractivity (Wildman–Crippen MR) is 143 cm³/mol. The van der Waals surface area contributed by atoms with E-state index in [2.05, 4.69) is 5.32 Å². The summed E-state index contributed by atoms with van der Waals surface area (Å²) in [5.41, 5.74) is 1.93. The average Bonchev–Trinajstić information content (AvgIpc) is 3.18. The van der Waals surface area contributed by atoms with Crippen LogP contribution in [-0.2, 0) is 28.1 Å². The Kier molecular flexibility index (Phi) is 6.81. The summed E-state index contributed by atoms with van der Waals surface area (Å²) in [4.78, 5) is 43.5. The second kappa shape index (κ2) is 10.5. The summed E-state index contributed by atoms with van der Waals surface area (Å²) in [6, 6.07) is 37.1. The molecule has 4 amide bonds. The van der Waals surface area contributed by atoms with Crippen LogP contribution in [0.1, 0.15) is 16.7 Å². The first-order chi connectivity index (χ1) is 18.1. The average molecular weight is 490 g/mol. The summed E-state index contributed by atoms with van der Waals surface area (Å²) in [6.07, 6.45) is 0.277. The Balaban J connectivity index is 1.45. The second-order valence-corrected chi connectivity index (χ2v) is 9.06. The van der Waals surface area contributed by atoms with Gasteiger partial charge in [0.15, 0.2) is 5.54 Å². The standard InChI is InChI=1S/C31H27N3O3/c35-28(33(27-19-11-4-12-20-27)22-25-15-7-2-8-16-25)23-34-29(36)31(32-30(34)37,26-17-9-3-10-18-26)21-24-13-5-1-6-14-24/h1-20H,21-23H2,(H,32,37). The van der Waals surface area contributed by atoms with Crippen molar-refractivity contribution < 1.29 is 14.4 Å². The molecule has 5 rings (SSSR count). The molecule has 1 aliphatic heterocycles. The molecule has 4 aromatic carbocycles. The highest BCUT2D eigenvalue weighted by Crippen LogP contribution is 2.33. The van der Waals surface area contributed by atoms with E-state index in [4.69, 9.17) is 0 Å². The van der Waals surface area contributed by atoms with Crippen molar-refractivity contribution in [2.75, 3.05) is 11.4 Å². The lowest BCUT2D eigenvalue weighted by atomic mass is 9.83. The zero-order valence-electron chi connectivity index (χ0n) is 20.3. The van der Waals surface area contributed by atoms with E-state index in [9.17, 15) is 14.4 Å².